The highest BCUT2D eigenvalue weighted by Crippen LogP contribution is 2.26. The van der Waals surface area contributed by atoms with Crippen LogP contribution in [0.3, 0.4) is 0 Å². The largest absolute Gasteiger partial charge is 0.387 e. The molecule has 0 saturated carbocycles. The third-order valence-corrected chi connectivity index (χ3v) is 6.02. The van der Waals surface area contributed by atoms with Crippen molar-refractivity contribution in [1.82, 2.24) is 9.78 Å². The van der Waals surface area contributed by atoms with Crippen LogP contribution in [0.25, 0.3) is 5.69 Å². The van der Waals surface area contributed by atoms with Crippen molar-refractivity contribution in [2.24, 2.45) is 0 Å². The van der Waals surface area contributed by atoms with Gasteiger partial charge in [-0.25, -0.2) is 13.1 Å². The van der Waals surface area contributed by atoms with Gasteiger partial charge >= 0.3 is 0 Å². The van der Waals surface area contributed by atoms with Gasteiger partial charge in [-0.1, -0.05) is 60.1 Å². The van der Waals surface area contributed by atoms with Crippen LogP contribution in [0, 0.1) is 6.92 Å². The fourth-order valence-electron chi connectivity index (χ4n) is 2.73. The smallest absolute Gasteiger partial charge is 0.157 e. The van der Waals surface area contributed by atoms with Gasteiger partial charge in [0, 0.05) is 5.56 Å². The topological polar surface area (TPSA) is 72.2 Å². The molecule has 5 nitrogen and oxygen atoms in total. The summed E-state index contributed by atoms with van der Waals surface area (Å²) in [6.07, 6.45) is -1.08. The lowest BCUT2D eigenvalue weighted by Crippen LogP contribution is -2.16. The van der Waals surface area contributed by atoms with Crippen molar-refractivity contribution in [1.29, 1.82) is 0 Å². The SMILES string of the molecule is Cc1nn(-c2ccccc2)c(Cl)c1CS(=O)(=O)C[C@H](O)c1ccccc1. The number of aromatic nitrogens is 2. The number of sulfone groups is 1. The molecule has 1 heterocycles. The van der Waals surface area contributed by atoms with Crippen LogP contribution in [0.5, 0.6) is 0 Å². The molecule has 136 valence electrons. The summed E-state index contributed by atoms with van der Waals surface area (Å²) >= 11 is 6.40. The molecule has 2 aromatic carbocycles. The number of hydrogen-bond donors (Lipinski definition) is 1. The van der Waals surface area contributed by atoms with Gasteiger partial charge in [-0.3, -0.25) is 0 Å². The Kier molecular flexibility index (Phi) is 5.46. The molecule has 3 rings (SSSR count). The number of aryl methyl sites for hydroxylation is 1. The van der Waals surface area contributed by atoms with Crippen molar-refractivity contribution in [3.8, 4) is 5.69 Å². The molecule has 0 radical (unpaired) electrons. The van der Waals surface area contributed by atoms with E-state index in [9.17, 15) is 13.5 Å². The van der Waals surface area contributed by atoms with Crippen LogP contribution >= 0.6 is 11.6 Å². The fourth-order valence-corrected chi connectivity index (χ4v) is 4.72. The van der Waals surface area contributed by atoms with Gasteiger partial charge in [0.25, 0.3) is 0 Å². The van der Waals surface area contributed by atoms with Crippen molar-refractivity contribution in [2.75, 3.05) is 5.75 Å². The van der Waals surface area contributed by atoms with E-state index in [-0.39, 0.29) is 16.7 Å². The maximum atomic E-state index is 12.6. The van der Waals surface area contributed by atoms with Crippen molar-refractivity contribution >= 4 is 21.4 Å². The Morgan fingerprint density at radius 1 is 1.08 bits per heavy atom. The molecule has 1 aromatic heterocycles. The van der Waals surface area contributed by atoms with Crippen molar-refractivity contribution < 1.29 is 13.5 Å². The van der Waals surface area contributed by atoms with E-state index in [1.165, 1.54) is 4.68 Å². The monoisotopic (exact) mass is 390 g/mol. The number of nitrogens with zero attached hydrogens (tertiary/aromatic N) is 2. The van der Waals surface area contributed by atoms with E-state index < -0.39 is 15.9 Å². The quantitative estimate of drug-likeness (QED) is 0.699. The second-order valence-electron chi connectivity index (χ2n) is 6.08. The van der Waals surface area contributed by atoms with E-state index in [2.05, 4.69) is 5.10 Å². The Labute approximate surface area is 157 Å². The average Bonchev–Trinajstić information content (AvgIpc) is 2.90. The molecule has 1 atom stereocenters. The van der Waals surface area contributed by atoms with Crippen LogP contribution in [-0.2, 0) is 15.6 Å². The minimum Gasteiger partial charge on any atom is -0.387 e. The zero-order valence-corrected chi connectivity index (χ0v) is 15.8. The maximum absolute atomic E-state index is 12.6. The molecule has 26 heavy (non-hydrogen) atoms. The van der Waals surface area contributed by atoms with Gasteiger partial charge in [-0.05, 0) is 24.6 Å². The van der Waals surface area contributed by atoms with Gasteiger partial charge in [0.1, 0.15) is 5.15 Å². The Balaban J connectivity index is 1.83. The summed E-state index contributed by atoms with van der Waals surface area (Å²) in [5.41, 5.74) is 2.33. The lowest BCUT2D eigenvalue weighted by molar-refractivity contribution is 0.201. The number of aliphatic hydroxyl groups is 1. The number of hydrogen-bond acceptors (Lipinski definition) is 4. The average molecular weight is 391 g/mol. The highest BCUT2D eigenvalue weighted by atomic mass is 35.5. The molecule has 0 aliphatic heterocycles. The lowest BCUT2D eigenvalue weighted by atomic mass is 10.1. The second-order valence-corrected chi connectivity index (χ2v) is 8.55. The molecule has 1 N–H and O–H groups in total. The summed E-state index contributed by atoms with van der Waals surface area (Å²) < 4.78 is 26.7. The van der Waals surface area contributed by atoms with Gasteiger partial charge in [0.05, 0.1) is 29.0 Å². The zero-order valence-electron chi connectivity index (χ0n) is 14.2. The van der Waals surface area contributed by atoms with E-state index in [0.717, 1.165) is 5.69 Å². The Hall–Kier alpha value is -2.15. The third-order valence-electron chi connectivity index (χ3n) is 4.08. The first-order valence-corrected chi connectivity index (χ1v) is 10.3. The first-order chi connectivity index (χ1) is 12.4. The van der Waals surface area contributed by atoms with E-state index in [0.29, 0.717) is 16.8 Å². The minimum atomic E-state index is -3.58. The summed E-state index contributed by atoms with van der Waals surface area (Å²) in [7, 11) is -3.58. The van der Waals surface area contributed by atoms with E-state index in [1.807, 2.05) is 36.4 Å². The standard InChI is InChI=1S/C19H19ClN2O3S/c1-14-17(19(20)22(21-14)16-10-6-3-7-11-16)12-26(24,25)13-18(23)15-8-4-2-5-9-15/h2-11,18,23H,12-13H2,1H3/t18-/m0/s1. The molecule has 0 fully saturated rings. The Morgan fingerprint density at radius 2 is 1.65 bits per heavy atom. The molecule has 0 spiro atoms. The zero-order chi connectivity index (χ0) is 18.7. The van der Waals surface area contributed by atoms with Gasteiger partial charge in [0.2, 0.25) is 0 Å². The minimum absolute atomic E-state index is 0.269. The molecule has 0 aliphatic carbocycles. The van der Waals surface area contributed by atoms with Gasteiger partial charge in [-0.2, -0.15) is 5.10 Å². The molecule has 0 unspecified atom stereocenters. The van der Waals surface area contributed by atoms with Crippen LogP contribution < -0.4 is 0 Å². The lowest BCUT2D eigenvalue weighted by Gasteiger charge is -2.11. The summed E-state index contributed by atoms with van der Waals surface area (Å²) in [6, 6.07) is 18.0. The van der Waals surface area contributed by atoms with Crippen LogP contribution in [0.4, 0.5) is 0 Å². The van der Waals surface area contributed by atoms with Crippen LogP contribution in [0.2, 0.25) is 5.15 Å². The molecule has 3 aromatic rings. The molecule has 7 heteroatoms. The molecular formula is C19H19ClN2O3S. The Morgan fingerprint density at radius 3 is 2.27 bits per heavy atom. The molecule has 0 bridgehead atoms. The predicted molar refractivity (Wildman–Crippen MR) is 102 cm³/mol. The van der Waals surface area contributed by atoms with E-state index in [4.69, 9.17) is 11.6 Å². The first kappa shape index (κ1) is 18.6. The first-order valence-electron chi connectivity index (χ1n) is 8.10. The van der Waals surface area contributed by atoms with Crippen molar-refractivity contribution in [2.45, 2.75) is 18.8 Å². The van der Waals surface area contributed by atoms with Crippen LogP contribution in [-0.4, -0.2) is 29.1 Å². The predicted octanol–water partition coefficient (Wildman–Crippen LogP) is 3.48. The van der Waals surface area contributed by atoms with Crippen molar-refractivity contribution in [3.63, 3.8) is 0 Å². The third kappa shape index (κ3) is 4.15. The summed E-state index contributed by atoms with van der Waals surface area (Å²) in [5, 5.41) is 14.9. The van der Waals surface area contributed by atoms with E-state index >= 15 is 0 Å². The van der Waals surface area contributed by atoms with Gasteiger partial charge < -0.3 is 5.11 Å². The Bertz CT molecular complexity index is 986. The molecular weight excluding hydrogens is 372 g/mol. The summed E-state index contributed by atoms with van der Waals surface area (Å²) in [5.74, 6) is -0.641. The number of halogens is 1. The van der Waals surface area contributed by atoms with Crippen LogP contribution in [0.1, 0.15) is 22.9 Å². The summed E-state index contributed by atoms with van der Waals surface area (Å²) in [6.45, 7) is 1.73. The van der Waals surface area contributed by atoms with Crippen molar-refractivity contribution in [3.05, 3.63) is 82.6 Å². The van der Waals surface area contributed by atoms with Gasteiger partial charge in [0.15, 0.2) is 9.84 Å². The van der Waals surface area contributed by atoms with Gasteiger partial charge in [-0.15, -0.1) is 0 Å². The molecule has 0 amide bonds. The number of para-hydroxylation sites is 1. The fraction of sp³-hybridized carbons (Fsp3) is 0.211. The summed E-state index contributed by atoms with van der Waals surface area (Å²) in [4.78, 5) is 0. The van der Waals surface area contributed by atoms with Crippen LogP contribution in [0.15, 0.2) is 60.7 Å². The number of aliphatic hydroxyl groups excluding tert-OH is 1. The highest BCUT2D eigenvalue weighted by Gasteiger charge is 2.24. The molecule has 0 saturated heterocycles. The normalized spacial score (nSPS) is 12.9. The second kappa shape index (κ2) is 7.61. The van der Waals surface area contributed by atoms with E-state index in [1.54, 1.807) is 31.2 Å². The maximum Gasteiger partial charge on any atom is 0.157 e. The number of rotatable bonds is 6. The molecule has 0 aliphatic rings. The highest BCUT2D eigenvalue weighted by molar-refractivity contribution is 7.90. The number of benzene rings is 2.